The number of nitrogens with zero attached hydrogens (tertiary/aromatic N) is 2. The van der Waals surface area contributed by atoms with Gasteiger partial charge in [-0.1, -0.05) is 0 Å². The van der Waals surface area contributed by atoms with Crippen LogP contribution in [0.2, 0.25) is 0 Å². The fraction of sp³-hybridized carbons (Fsp3) is 1.00. The molecule has 1 aliphatic heterocycles. The third-order valence-corrected chi connectivity index (χ3v) is 4.99. The Morgan fingerprint density at radius 1 is 0.950 bits per heavy atom. The van der Waals surface area contributed by atoms with Gasteiger partial charge in [-0.15, -0.1) is 0 Å². The number of ether oxygens (including phenoxy) is 1. The topological polar surface area (TPSA) is 15.7 Å². The van der Waals surface area contributed by atoms with Crippen LogP contribution in [0.3, 0.4) is 0 Å². The van der Waals surface area contributed by atoms with Crippen LogP contribution in [0.25, 0.3) is 0 Å². The van der Waals surface area contributed by atoms with Gasteiger partial charge in [0.05, 0.1) is 6.10 Å². The first-order valence-electron chi connectivity index (χ1n) is 8.62. The van der Waals surface area contributed by atoms with Crippen LogP contribution in [0.4, 0.5) is 0 Å². The summed E-state index contributed by atoms with van der Waals surface area (Å²) < 4.78 is 5.71. The van der Waals surface area contributed by atoms with E-state index in [9.17, 15) is 0 Å². The van der Waals surface area contributed by atoms with Crippen molar-refractivity contribution in [3.63, 3.8) is 0 Å². The van der Waals surface area contributed by atoms with E-state index in [1.165, 1.54) is 52.0 Å². The van der Waals surface area contributed by atoms with Gasteiger partial charge in [-0.3, -0.25) is 4.90 Å². The predicted octanol–water partition coefficient (Wildman–Crippen LogP) is 2.85. The molecule has 0 spiro atoms. The molecule has 0 aromatic carbocycles. The Balaban J connectivity index is 1.51. The fourth-order valence-electron chi connectivity index (χ4n) is 3.44. The van der Waals surface area contributed by atoms with E-state index >= 15 is 0 Å². The minimum atomic E-state index is 0.395. The molecular weight excluding hydrogens is 248 g/mol. The van der Waals surface area contributed by atoms with Crippen molar-refractivity contribution in [2.75, 3.05) is 39.3 Å². The molecule has 2 fully saturated rings. The second kappa shape index (κ2) is 7.77. The highest BCUT2D eigenvalue weighted by molar-refractivity contribution is 4.81. The van der Waals surface area contributed by atoms with Crippen LogP contribution in [0.1, 0.15) is 47.0 Å². The van der Waals surface area contributed by atoms with Gasteiger partial charge in [0.2, 0.25) is 0 Å². The number of piperazine rings is 1. The van der Waals surface area contributed by atoms with Crippen molar-refractivity contribution in [3.05, 3.63) is 0 Å². The minimum absolute atomic E-state index is 0.395. The molecule has 0 amide bonds. The van der Waals surface area contributed by atoms with Crippen molar-refractivity contribution in [2.24, 2.45) is 11.8 Å². The molecule has 1 heterocycles. The minimum Gasteiger partial charge on any atom is -0.379 e. The lowest BCUT2D eigenvalue weighted by Gasteiger charge is -2.40. The standard InChI is InChI=1S/C17H34N2O/c1-14(2)19-9-7-18(8-10-19)6-5-16-11-17(12-16)13-20-15(3)4/h14-17H,5-13H2,1-4H3. The molecule has 0 unspecified atom stereocenters. The van der Waals surface area contributed by atoms with E-state index in [0.29, 0.717) is 12.1 Å². The van der Waals surface area contributed by atoms with Crippen LogP contribution in [0.5, 0.6) is 0 Å². The summed E-state index contributed by atoms with van der Waals surface area (Å²) in [5.74, 6) is 1.82. The van der Waals surface area contributed by atoms with E-state index < -0.39 is 0 Å². The van der Waals surface area contributed by atoms with E-state index in [4.69, 9.17) is 4.74 Å². The van der Waals surface area contributed by atoms with E-state index in [1.54, 1.807) is 0 Å². The average Bonchev–Trinajstić information content (AvgIpc) is 2.36. The van der Waals surface area contributed by atoms with Crippen LogP contribution in [-0.2, 0) is 4.74 Å². The third-order valence-electron chi connectivity index (χ3n) is 4.99. The van der Waals surface area contributed by atoms with Crippen molar-refractivity contribution in [1.29, 1.82) is 0 Å². The van der Waals surface area contributed by atoms with Crippen LogP contribution in [-0.4, -0.2) is 61.3 Å². The molecule has 3 nitrogen and oxygen atoms in total. The molecule has 20 heavy (non-hydrogen) atoms. The van der Waals surface area contributed by atoms with E-state index in [2.05, 4.69) is 37.5 Å². The molecule has 3 heteroatoms. The van der Waals surface area contributed by atoms with Crippen molar-refractivity contribution >= 4 is 0 Å². The summed E-state index contributed by atoms with van der Waals surface area (Å²) in [6, 6.07) is 0.713. The van der Waals surface area contributed by atoms with Crippen molar-refractivity contribution in [1.82, 2.24) is 9.80 Å². The molecule has 0 aromatic rings. The van der Waals surface area contributed by atoms with Gasteiger partial charge >= 0.3 is 0 Å². The average molecular weight is 282 g/mol. The smallest absolute Gasteiger partial charge is 0.0519 e. The van der Waals surface area contributed by atoms with Gasteiger partial charge in [-0.05, 0) is 65.3 Å². The van der Waals surface area contributed by atoms with Crippen molar-refractivity contribution in [2.45, 2.75) is 59.1 Å². The number of rotatable bonds is 7. The van der Waals surface area contributed by atoms with E-state index in [1.807, 2.05) is 0 Å². The van der Waals surface area contributed by atoms with Gasteiger partial charge in [-0.2, -0.15) is 0 Å². The Bertz CT molecular complexity index is 266. The zero-order valence-electron chi connectivity index (χ0n) is 14.0. The fourth-order valence-corrected chi connectivity index (χ4v) is 3.44. The first-order valence-corrected chi connectivity index (χ1v) is 8.62. The summed E-state index contributed by atoms with van der Waals surface area (Å²) in [5, 5.41) is 0. The molecule has 118 valence electrons. The third kappa shape index (κ3) is 5.01. The highest BCUT2D eigenvalue weighted by atomic mass is 16.5. The molecule has 0 radical (unpaired) electrons. The highest BCUT2D eigenvalue weighted by Crippen LogP contribution is 2.36. The van der Waals surface area contributed by atoms with Crippen LogP contribution < -0.4 is 0 Å². The zero-order chi connectivity index (χ0) is 14.5. The normalized spacial score (nSPS) is 29.1. The molecule has 1 saturated carbocycles. The maximum atomic E-state index is 5.71. The maximum absolute atomic E-state index is 5.71. The molecule has 1 saturated heterocycles. The second-order valence-electron chi connectivity index (χ2n) is 7.35. The molecule has 0 bridgehead atoms. The lowest BCUT2D eigenvalue weighted by Crippen LogP contribution is -2.49. The highest BCUT2D eigenvalue weighted by Gasteiger charge is 2.29. The maximum Gasteiger partial charge on any atom is 0.0519 e. The van der Waals surface area contributed by atoms with Crippen LogP contribution in [0.15, 0.2) is 0 Å². The monoisotopic (exact) mass is 282 g/mol. The van der Waals surface area contributed by atoms with E-state index in [-0.39, 0.29) is 0 Å². The summed E-state index contributed by atoms with van der Waals surface area (Å²) in [6.45, 7) is 16.2. The van der Waals surface area contributed by atoms with Gasteiger partial charge in [0.15, 0.2) is 0 Å². The van der Waals surface area contributed by atoms with Crippen LogP contribution in [0, 0.1) is 11.8 Å². The van der Waals surface area contributed by atoms with E-state index in [0.717, 1.165) is 18.4 Å². The SMILES string of the molecule is CC(C)OCC1CC(CCN2CCN(C(C)C)CC2)C1. The Kier molecular flexibility index (Phi) is 6.31. The van der Waals surface area contributed by atoms with Gasteiger partial charge in [0, 0.05) is 38.8 Å². The molecule has 0 atom stereocenters. The summed E-state index contributed by atoms with van der Waals surface area (Å²) in [7, 11) is 0. The first kappa shape index (κ1) is 16.3. The molecule has 2 rings (SSSR count). The summed E-state index contributed by atoms with van der Waals surface area (Å²) in [5.41, 5.74) is 0. The van der Waals surface area contributed by atoms with Gasteiger partial charge in [0.25, 0.3) is 0 Å². The van der Waals surface area contributed by atoms with Crippen molar-refractivity contribution in [3.8, 4) is 0 Å². The Morgan fingerprint density at radius 2 is 1.60 bits per heavy atom. The predicted molar refractivity (Wildman–Crippen MR) is 85.1 cm³/mol. The van der Waals surface area contributed by atoms with Gasteiger partial charge in [-0.25, -0.2) is 0 Å². The molecule has 1 aliphatic carbocycles. The second-order valence-corrected chi connectivity index (χ2v) is 7.35. The number of hydrogen-bond donors (Lipinski definition) is 0. The molecular formula is C17H34N2O. The summed E-state index contributed by atoms with van der Waals surface area (Å²) >= 11 is 0. The van der Waals surface area contributed by atoms with Gasteiger partial charge < -0.3 is 9.64 Å². The molecule has 0 aromatic heterocycles. The lowest BCUT2D eigenvalue weighted by molar-refractivity contribution is 0.00573. The van der Waals surface area contributed by atoms with Crippen LogP contribution >= 0.6 is 0 Å². The first-order chi connectivity index (χ1) is 9.54. The zero-order valence-corrected chi connectivity index (χ0v) is 14.0. The summed E-state index contributed by atoms with van der Waals surface area (Å²) in [4.78, 5) is 5.26. The lowest BCUT2D eigenvalue weighted by atomic mass is 9.73. The van der Waals surface area contributed by atoms with Crippen molar-refractivity contribution < 1.29 is 4.74 Å². The Morgan fingerprint density at radius 3 is 2.15 bits per heavy atom. The quantitative estimate of drug-likeness (QED) is 0.714. The largest absolute Gasteiger partial charge is 0.379 e. The molecule has 0 N–H and O–H groups in total. The Labute approximate surface area is 125 Å². The summed E-state index contributed by atoms with van der Waals surface area (Å²) in [6.07, 6.45) is 4.60. The number of hydrogen-bond acceptors (Lipinski definition) is 3. The Hall–Kier alpha value is -0.120. The van der Waals surface area contributed by atoms with Gasteiger partial charge in [0.1, 0.15) is 0 Å². The molecule has 2 aliphatic rings.